The predicted molar refractivity (Wildman–Crippen MR) is 95.2 cm³/mol. The summed E-state index contributed by atoms with van der Waals surface area (Å²) in [5.74, 6) is 0.355. The molecule has 0 saturated carbocycles. The van der Waals surface area contributed by atoms with Gasteiger partial charge in [-0.2, -0.15) is 26.3 Å². The summed E-state index contributed by atoms with van der Waals surface area (Å²) in [6.45, 7) is 7.33. The highest BCUT2D eigenvalue weighted by molar-refractivity contribution is 5.91. The number of anilines is 1. The first kappa shape index (κ1) is 24.1. The molecular weight excluding hydrogens is 388 g/mol. The summed E-state index contributed by atoms with van der Waals surface area (Å²) in [7, 11) is 0. The molecule has 1 rings (SSSR count). The van der Waals surface area contributed by atoms with Crippen LogP contribution in [0.3, 0.4) is 0 Å². The molecule has 1 aromatic carbocycles. The maximum Gasteiger partial charge on any atom is 0.430 e. The van der Waals surface area contributed by atoms with Gasteiger partial charge in [-0.15, -0.1) is 0 Å². The Bertz CT molecular complexity index is 647. The minimum atomic E-state index is -5.92. The number of halogens is 6. The molecule has 4 nitrogen and oxygen atoms in total. The van der Waals surface area contributed by atoms with Crippen LogP contribution in [0.1, 0.15) is 39.2 Å². The van der Waals surface area contributed by atoms with E-state index in [4.69, 9.17) is 5.73 Å². The van der Waals surface area contributed by atoms with Gasteiger partial charge in [0.25, 0.3) is 5.60 Å². The number of nitrogens with zero attached hydrogens (tertiary/aromatic N) is 2. The minimum absolute atomic E-state index is 0.341. The predicted octanol–water partition coefficient (Wildman–Crippen LogP) is 3.97. The molecule has 0 aromatic heterocycles. The molecule has 0 aliphatic rings. The van der Waals surface area contributed by atoms with E-state index in [-0.39, 0.29) is 0 Å². The molecule has 0 saturated heterocycles. The summed E-state index contributed by atoms with van der Waals surface area (Å²) < 4.78 is 80.0. The molecule has 3 N–H and O–H groups in total. The molecule has 0 spiro atoms. The Balaban J connectivity index is 3.43. The van der Waals surface area contributed by atoms with Crippen LogP contribution >= 0.6 is 0 Å². The van der Waals surface area contributed by atoms with Crippen molar-refractivity contribution in [1.82, 2.24) is 0 Å². The lowest BCUT2D eigenvalue weighted by atomic mass is 9.92. The SMILES string of the molecule is CCCCN(C(N)=[N+](CC)CC)c1ccc(C(O)(C(F)(F)F)C(F)(F)F)cc1. The van der Waals surface area contributed by atoms with Gasteiger partial charge in [-0.25, -0.2) is 4.90 Å². The molecule has 0 atom stereocenters. The lowest BCUT2D eigenvalue weighted by Gasteiger charge is -2.32. The number of alkyl halides is 6. The topological polar surface area (TPSA) is 52.5 Å². The van der Waals surface area contributed by atoms with Crippen LogP contribution in [-0.4, -0.2) is 47.6 Å². The molecule has 0 heterocycles. The summed E-state index contributed by atoms with van der Waals surface area (Å²) in [4.78, 5) is 1.64. The summed E-state index contributed by atoms with van der Waals surface area (Å²) in [6.07, 6.45) is -10.3. The van der Waals surface area contributed by atoms with Crippen LogP contribution in [-0.2, 0) is 5.60 Å². The van der Waals surface area contributed by atoms with Gasteiger partial charge in [-0.05, 0) is 32.4 Å². The van der Waals surface area contributed by atoms with Gasteiger partial charge in [0.05, 0.1) is 19.6 Å². The smallest absolute Gasteiger partial charge is 0.369 e. The normalized spacial score (nSPS) is 12.8. The Morgan fingerprint density at radius 3 is 1.79 bits per heavy atom. The number of hydrogen-bond acceptors (Lipinski definition) is 1. The summed E-state index contributed by atoms with van der Waals surface area (Å²) >= 11 is 0. The monoisotopic (exact) mass is 414 g/mol. The maximum absolute atomic E-state index is 13.0. The zero-order valence-corrected chi connectivity index (χ0v) is 16.0. The van der Waals surface area contributed by atoms with Gasteiger partial charge in [0.1, 0.15) is 5.69 Å². The average Bonchev–Trinajstić information content (AvgIpc) is 2.61. The van der Waals surface area contributed by atoms with E-state index in [2.05, 4.69) is 0 Å². The number of guanidine groups is 1. The van der Waals surface area contributed by atoms with Crippen molar-refractivity contribution < 1.29 is 36.0 Å². The fourth-order valence-corrected chi connectivity index (χ4v) is 2.78. The van der Waals surface area contributed by atoms with E-state index in [1.807, 2.05) is 25.3 Å². The number of aliphatic hydroxyl groups is 1. The number of unbranched alkanes of at least 4 members (excludes halogenated alkanes) is 1. The second kappa shape index (κ2) is 9.02. The van der Waals surface area contributed by atoms with E-state index >= 15 is 0 Å². The van der Waals surface area contributed by atoms with Crippen molar-refractivity contribution in [2.75, 3.05) is 24.5 Å². The highest BCUT2D eigenvalue weighted by atomic mass is 19.4. The number of hydrogen-bond donors (Lipinski definition) is 2. The van der Waals surface area contributed by atoms with Gasteiger partial charge in [0.15, 0.2) is 0 Å². The van der Waals surface area contributed by atoms with Gasteiger partial charge in [0.2, 0.25) is 0 Å². The molecule has 1 aromatic rings. The first-order valence-corrected chi connectivity index (χ1v) is 8.96. The minimum Gasteiger partial charge on any atom is -0.369 e. The van der Waals surface area contributed by atoms with Crippen molar-refractivity contribution in [2.45, 2.75) is 51.6 Å². The van der Waals surface area contributed by atoms with Crippen LogP contribution in [0.2, 0.25) is 0 Å². The van der Waals surface area contributed by atoms with Crippen molar-refractivity contribution in [3.05, 3.63) is 29.8 Å². The van der Waals surface area contributed by atoms with Crippen LogP contribution in [0.15, 0.2) is 24.3 Å². The third kappa shape index (κ3) is 4.71. The van der Waals surface area contributed by atoms with Gasteiger partial charge < -0.3 is 5.11 Å². The summed E-state index contributed by atoms with van der Waals surface area (Å²) in [5.41, 5.74) is 0.277. The second-order valence-corrected chi connectivity index (χ2v) is 6.29. The van der Waals surface area contributed by atoms with Gasteiger partial charge >= 0.3 is 18.3 Å². The zero-order chi connectivity index (χ0) is 21.8. The molecule has 0 bridgehead atoms. The molecular formula is C18H26F6N3O+. The van der Waals surface area contributed by atoms with Gasteiger partial charge in [-0.1, -0.05) is 25.5 Å². The molecule has 160 valence electrons. The van der Waals surface area contributed by atoms with Crippen LogP contribution < -0.4 is 10.6 Å². The Kier molecular flexibility index (Phi) is 7.75. The molecule has 0 fully saturated rings. The maximum atomic E-state index is 13.0. The third-order valence-corrected chi connectivity index (χ3v) is 4.52. The first-order valence-electron chi connectivity index (χ1n) is 8.96. The lowest BCUT2D eigenvalue weighted by molar-refractivity contribution is -0.522. The van der Waals surface area contributed by atoms with Crippen molar-refractivity contribution in [2.24, 2.45) is 5.73 Å². The molecule has 28 heavy (non-hydrogen) atoms. The number of benzene rings is 1. The first-order chi connectivity index (χ1) is 12.8. The third-order valence-electron chi connectivity index (χ3n) is 4.52. The Labute approximate surface area is 160 Å². The fraction of sp³-hybridized carbons (Fsp3) is 0.611. The van der Waals surface area contributed by atoms with E-state index in [1.54, 1.807) is 4.90 Å². The van der Waals surface area contributed by atoms with Crippen LogP contribution in [0.5, 0.6) is 0 Å². The van der Waals surface area contributed by atoms with Crippen molar-refractivity contribution in [1.29, 1.82) is 0 Å². The zero-order valence-electron chi connectivity index (χ0n) is 16.0. The fourth-order valence-electron chi connectivity index (χ4n) is 2.78. The molecule has 0 aliphatic carbocycles. The van der Waals surface area contributed by atoms with Crippen molar-refractivity contribution in [3.63, 3.8) is 0 Å². The van der Waals surface area contributed by atoms with Gasteiger partial charge in [-0.3, -0.25) is 10.3 Å². The number of rotatable bonds is 7. The molecule has 0 unspecified atom stereocenters. The van der Waals surface area contributed by atoms with Crippen LogP contribution in [0.25, 0.3) is 0 Å². The summed E-state index contributed by atoms with van der Waals surface area (Å²) in [6, 6.07) is 3.46. The van der Waals surface area contributed by atoms with Crippen molar-refractivity contribution >= 4 is 11.6 Å². The molecule has 0 aliphatic heterocycles. The molecule has 0 radical (unpaired) electrons. The van der Waals surface area contributed by atoms with E-state index in [1.165, 1.54) is 0 Å². The van der Waals surface area contributed by atoms with E-state index in [0.717, 1.165) is 25.0 Å². The second-order valence-electron chi connectivity index (χ2n) is 6.29. The van der Waals surface area contributed by atoms with Crippen LogP contribution in [0, 0.1) is 0 Å². The molecule has 10 heteroatoms. The highest BCUT2D eigenvalue weighted by Gasteiger charge is 2.71. The van der Waals surface area contributed by atoms with E-state index in [9.17, 15) is 31.4 Å². The quantitative estimate of drug-likeness (QED) is 0.307. The standard InChI is InChI=1S/C18H25F6N3O/c1-4-7-12-27(15(25)26(5-2)6-3)14-10-8-13(9-11-14)16(28,17(19,20)21)18(22,23)24/h8-11,25,28H,4-7,12H2,1-3H3/p+1. The van der Waals surface area contributed by atoms with E-state index < -0.39 is 23.5 Å². The Hall–Kier alpha value is -1.97. The largest absolute Gasteiger partial charge is 0.430 e. The van der Waals surface area contributed by atoms with Crippen LogP contribution in [0.4, 0.5) is 32.0 Å². The Morgan fingerprint density at radius 1 is 0.964 bits per heavy atom. The highest BCUT2D eigenvalue weighted by Crippen LogP contribution is 2.50. The Morgan fingerprint density at radius 2 is 1.43 bits per heavy atom. The summed E-state index contributed by atoms with van der Waals surface area (Å²) in [5, 5.41) is 9.50. The average molecular weight is 414 g/mol. The van der Waals surface area contributed by atoms with Gasteiger partial charge in [0, 0.05) is 5.56 Å². The number of nitrogens with two attached hydrogens (primary N) is 1. The lowest BCUT2D eigenvalue weighted by Crippen LogP contribution is -2.53. The van der Waals surface area contributed by atoms with E-state index in [0.29, 0.717) is 43.4 Å². The van der Waals surface area contributed by atoms with Crippen molar-refractivity contribution in [3.8, 4) is 0 Å². The molecule has 0 amide bonds.